The largest absolute Gasteiger partial charge is 0.274 e. The zero-order valence-corrected chi connectivity index (χ0v) is 11.2. The van der Waals surface area contributed by atoms with Crippen LogP contribution in [0, 0.1) is 17.8 Å². The Morgan fingerprint density at radius 3 is 2.56 bits per heavy atom. The van der Waals surface area contributed by atoms with Crippen LogP contribution >= 0.6 is 0 Å². The van der Waals surface area contributed by atoms with Crippen LogP contribution in [-0.4, -0.2) is 19.6 Å². The molecule has 2 fully saturated rings. The van der Waals surface area contributed by atoms with Gasteiger partial charge in [-0.3, -0.25) is 9.52 Å². The lowest BCUT2D eigenvalue weighted by molar-refractivity contribution is -0.123. The van der Waals surface area contributed by atoms with Crippen molar-refractivity contribution in [2.75, 3.05) is 0 Å². The fourth-order valence-electron chi connectivity index (χ4n) is 3.38. The Labute approximate surface area is 108 Å². The van der Waals surface area contributed by atoms with Gasteiger partial charge in [-0.1, -0.05) is 12.2 Å². The highest BCUT2D eigenvalue weighted by Gasteiger charge is 2.51. The third kappa shape index (κ3) is 2.20. The van der Waals surface area contributed by atoms with E-state index in [0.29, 0.717) is 24.7 Å². The van der Waals surface area contributed by atoms with E-state index in [-0.39, 0.29) is 11.8 Å². The van der Waals surface area contributed by atoms with E-state index in [0.717, 1.165) is 25.7 Å². The van der Waals surface area contributed by atoms with Crippen molar-refractivity contribution in [2.24, 2.45) is 17.8 Å². The molecule has 0 aromatic rings. The summed E-state index contributed by atoms with van der Waals surface area (Å²) in [7, 11) is -3.48. The van der Waals surface area contributed by atoms with Gasteiger partial charge in [-0.25, -0.2) is 8.42 Å². The lowest BCUT2D eigenvalue weighted by Gasteiger charge is -2.20. The monoisotopic (exact) mass is 269 g/mol. The van der Waals surface area contributed by atoms with Gasteiger partial charge in [-0.05, 0) is 50.4 Å². The molecule has 0 aliphatic heterocycles. The first-order valence-electron chi connectivity index (χ1n) is 6.78. The smallest absolute Gasteiger partial charge is 0.238 e. The molecular weight excluding hydrogens is 250 g/mol. The molecule has 0 spiro atoms. The lowest BCUT2D eigenvalue weighted by atomic mass is 10.0. The minimum Gasteiger partial charge on any atom is -0.274 e. The Balaban J connectivity index is 1.64. The molecule has 100 valence electrons. The second-order valence-electron chi connectivity index (χ2n) is 5.76. The van der Waals surface area contributed by atoms with Gasteiger partial charge >= 0.3 is 0 Å². The highest BCUT2D eigenvalue weighted by atomic mass is 32.2. The van der Waals surface area contributed by atoms with Crippen LogP contribution in [-0.2, 0) is 14.8 Å². The molecule has 4 nitrogen and oxygen atoms in total. The first-order valence-corrected chi connectivity index (χ1v) is 8.33. The Morgan fingerprint density at radius 1 is 1.17 bits per heavy atom. The molecule has 1 amide bonds. The van der Waals surface area contributed by atoms with Crippen LogP contribution in [0.1, 0.15) is 38.5 Å². The summed E-state index contributed by atoms with van der Waals surface area (Å²) in [6.07, 6.45) is 8.90. The van der Waals surface area contributed by atoms with Crippen molar-refractivity contribution < 1.29 is 13.2 Å². The molecule has 18 heavy (non-hydrogen) atoms. The number of nitrogens with one attached hydrogen (secondary N) is 1. The van der Waals surface area contributed by atoms with Gasteiger partial charge in [0.25, 0.3) is 0 Å². The number of fused-ring (bicyclic) bond motifs is 1. The van der Waals surface area contributed by atoms with Crippen LogP contribution in [0.2, 0.25) is 0 Å². The van der Waals surface area contributed by atoms with Gasteiger partial charge in [0, 0.05) is 5.92 Å². The number of hydrogen-bond acceptors (Lipinski definition) is 3. The van der Waals surface area contributed by atoms with Crippen LogP contribution in [0.25, 0.3) is 0 Å². The molecule has 3 rings (SSSR count). The first-order chi connectivity index (χ1) is 8.58. The van der Waals surface area contributed by atoms with Crippen molar-refractivity contribution in [2.45, 2.75) is 43.8 Å². The highest BCUT2D eigenvalue weighted by Crippen LogP contribution is 2.55. The summed E-state index contributed by atoms with van der Waals surface area (Å²) in [5, 5.41) is -0.428. The third-order valence-electron chi connectivity index (χ3n) is 4.58. The molecule has 1 unspecified atom stereocenters. The molecule has 0 heterocycles. The summed E-state index contributed by atoms with van der Waals surface area (Å²) < 4.78 is 26.5. The number of carbonyl (C=O) groups excluding carboxylic acids is 1. The first kappa shape index (κ1) is 12.2. The van der Waals surface area contributed by atoms with Gasteiger partial charge in [-0.15, -0.1) is 0 Å². The molecule has 0 aromatic carbocycles. The van der Waals surface area contributed by atoms with Crippen LogP contribution < -0.4 is 4.72 Å². The highest BCUT2D eigenvalue weighted by molar-refractivity contribution is 7.90. The van der Waals surface area contributed by atoms with E-state index in [1.54, 1.807) is 0 Å². The molecule has 0 bridgehead atoms. The second-order valence-corrected chi connectivity index (χ2v) is 7.72. The maximum Gasteiger partial charge on any atom is 0.238 e. The minimum atomic E-state index is -3.48. The predicted molar refractivity (Wildman–Crippen MR) is 68.2 cm³/mol. The molecule has 3 aliphatic rings. The average molecular weight is 269 g/mol. The molecule has 4 atom stereocenters. The second kappa shape index (κ2) is 4.37. The van der Waals surface area contributed by atoms with Crippen molar-refractivity contribution in [3.8, 4) is 0 Å². The Bertz CT molecular complexity index is 482. The van der Waals surface area contributed by atoms with Crippen LogP contribution in [0.15, 0.2) is 12.2 Å². The summed E-state index contributed by atoms with van der Waals surface area (Å²) >= 11 is 0. The maximum atomic E-state index is 12.1. The van der Waals surface area contributed by atoms with Gasteiger partial charge < -0.3 is 0 Å². The zero-order valence-electron chi connectivity index (χ0n) is 10.3. The van der Waals surface area contributed by atoms with Crippen LogP contribution in [0.5, 0.6) is 0 Å². The molecule has 3 aliphatic carbocycles. The van der Waals surface area contributed by atoms with Crippen molar-refractivity contribution in [3.63, 3.8) is 0 Å². The zero-order chi connectivity index (χ0) is 12.8. The van der Waals surface area contributed by atoms with Crippen molar-refractivity contribution in [1.82, 2.24) is 4.72 Å². The van der Waals surface area contributed by atoms with Gasteiger partial charge in [0.2, 0.25) is 15.9 Å². The Hall–Kier alpha value is -0.840. The Morgan fingerprint density at radius 2 is 2.00 bits per heavy atom. The van der Waals surface area contributed by atoms with E-state index in [2.05, 4.69) is 4.72 Å². The molecule has 0 saturated heterocycles. The quantitative estimate of drug-likeness (QED) is 0.791. The number of hydrogen-bond donors (Lipinski definition) is 1. The van der Waals surface area contributed by atoms with E-state index in [4.69, 9.17) is 0 Å². The van der Waals surface area contributed by atoms with E-state index >= 15 is 0 Å². The number of rotatable bonds is 3. The van der Waals surface area contributed by atoms with Gasteiger partial charge in [0.05, 0.1) is 5.25 Å². The molecular formula is C13H19NO3S. The molecule has 2 saturated carbocycles. The average Bonchev–Trinajstić information content (AvgIpc) is 3.00. The normalized spacial score (nSPS) is 38.2. The summed E-state index contributed by atoms with van der Waals surface area (Å²) in [5.74, 6) is 0.853. The van der Waals surface area contributed by atoms with Crippen molar-refractivity contribution >= 4 is 15.9 Å². The van der Waals surface area contributed by atoms with Crippen LogP contribution in [0.3, 0.4) is 0 Å². The van der Waals surface area contributed by atoms with Gasteiger partial charge in [0.1, 0.15) is 0 Å². The van der Waals surface area contributed by atoms with E-state index in [1.165, 1.54) is 0 Å². The summed E-state index contributed by atoms with van der Waals surface area (Å²) in [4.78, 5) is 12.0. The van der Waals surface area contributed by atoms with E-state index in [1.807, 2.05) is 12.2 Å². The standard InChI is InChI=1S/C13H19NO3S/c15-13(11-7-6-9-8-12(9)11)14-18(16,17)10-4-2-1-3-5-10/h1-2,9-12H,3-8H2,(H,14,15)/t9-,10?,11-,12+/m1/s1. The van der Waals surface area contributed by atoms with Gasteiger partial charge in [0.15, 0.2) is 0 Å². The molecule has 0 aromatic heterocycles. The SMILES string of the molecule is O=C(NS(=O)(=O)C1CC=CCC1)[C@@H]1CC[C@@H]2C[C@@H]21. The number of sulfonamides is 1. The summed E-state index contributed by atoms with van der Waals surface area (Å²) in [6, 6.07) is 0. The number of carbonyl (C=O) groups is 1. The van der Waals surface area contributed by atoms with E-state index < -0.39 is 15.3 Å². The van der Waals surface area contributed by atoms with Crippen molar-refractivity contribution in [3.05, 3.63) is 12.2 Å². The third-order valence-corrected chi connectivity index (χ3v) is 6.37. The fraction of sp³-hybridized carbons (Fsp3) is 0.769. The topological polar surface area (TPSA) is 63.2 Å². The molecule has 5 heteroatoms. The molecule has 0 radical (unpaired) electrons. The maximum absolute atomic E-state index is 12.1. The number of allylic oxidation sites excluding steroid dienone is 2. The van der Waals surface area contributed by atoms with Gasteiger partial charge in [-0.2, -0.15) is 0 Å². The molecule has 1 N–H and O–H groups in total. The lowest BCUT2D eigenvalue weighted by Crippen LogP contribution is -2.41. The summed E-state index contributed by atoms with van der Waals surface area (Å²) in [5.41, 5.74) is 0. The number of amides is 1. The van der Waals surface area contributed by atoms with E-state index in [9.17, 15) is 13.2 Å². The van der Waals surface area contributed by atoms with Crippen molar-refractivity contribution in [1.29, 1.82) is 0 Å². The van der Waals surface area contributed by atoms with Crippen LogP contribution in [0.4, 0.5) is 0 Å². The fourth-order valence-corrected chi connectivity index (χ4v) is 4.79. The Kier molecular flexibility index (Phi) is 2.96. The summed E-state index contributed by atoms with van der Waals surface area (Å²) in [6.45, 7) is 0. The minimum absolute atomic E-state index is 0.0519. The predicted octanol–water partition coefficient (Wildman–Crippen LogP) is 1.59.